The monoisotopic (exact) mass is 1030 g/mol. The van der Waals surface area contributed by atoms with E-state index in [2.05, 4.69) is 38.4 Å². The third-order valence-corrected chi connectivity index (χ3v) is 10.4. The molecule has 3 aromatic carbocycles. The van der Waals surface area contributed by atoms with Crippen LogP contribution in [-0.2, 0) is 42.9 Å². The van der Waals surface area contributed by atoms with E-state index in [4.69, 9.17) is 49.7 Å². The SMILES string of the molecule is C.COCCCC/C(=N\OCCNC(=O)OC(Cl)C(C)C)c1ccc(C)cc1.COCCCC/C(=N\OCCNC(=O)OC(OC(=O)[C@@H](NC(=O)OC(C)(C)C)c1ccccc1)C(C)C)c1ccc(C)cc1. The number of rotatable bonds is 28. The van der Waals surface area contributed by atoms with Crippen molar-refractivity contribution >= 4 is 47.3 Å². The summed E-state index contributed by atoms with van der Waals surface area (Å²) in [5.41, 5.74) is 5.11. The normalized spacial score (nSPS) is 12.8. The van der Waals surface area contributed by atoms with Crippen LogP contribution in [0.1, 0.15) is 128 Å². The fourth-order valence-corrected chi connectivity index (χ4v) is 6.04. The van der Waals surface area contributed by atoms with Gasteiger partial charge >= 0.3 is 24.2 Å². The summed E-state index contributed by atoms with van der Waals surface area (Å²) >= 11 is 5.90. The minimum atomic E-state index is -1.21. The quantitative estimate of drug-likeness (QED) is 0.0118. The van der Waals surface area contributed by atoms with E-state index in [0.29, 0.717) is 12.2 Å². The lowest BCUT2D eigenvalue weighted by molar-refractivity contribution is -0.177. The van der Waals surface area contributed by atoms with E-state index in [9.17, 15) is 19.2 Å². The molecule has 0 aliphatic rings. The van der Waals surface area contributed by atoms with Crippen LogP contribution in [0, 0.1) is 25.7 Å². The molecule has 72 heavy (non-hydrogen) atoms. The number of esters is 1. The number of amides is 3. The summed E-state index contributed by atoms with van der Waals surface area (Å²) in [5, 5.41) is 16.3. The van der Waals surface area contributed by atoms with Crippen molar-refractivity contribution in [3.8, 4) is 0 Å². The number of halogens is 1. The lowest BCUT2D eigenvalue weighted by Gasteiger charge is -2.26. The third kappa shape index (κ3) is 28.2. The number of nitrogens with one attached hydrogen (secondary N) is 3. The van der Waals surface area contributed by atoms with Gasteiger partial charge in [0.1, 0.15) is 18.8 Å². The Hall–Kier alpha value is -5.91. The molecule has 0 saturated carbocycles. The van der Waals surface area contributed by atoms with Crippen LogP contribution in [0.25, 0.3) is 0 Å². The topological polar surface area (TPSA) is 203 Å². The molecule has 0 aliphatic heterocycles. The number of alkyl halides is 1. The van der Waals surface area contributed by atoms with Crippen molar-refractivity contribution in [2.24, 2.45) is 22.1 Å². The molecule has 0 fully saturated rings. The Morgan fingerprint density at radius 1 is 0.597 bits per heavy atom. The number of benzene rings is 3. The van der Waals surface area contributed by atoms with Gasteiger partial charge in [-0.05, 0) is 89.8 Å². The van der Waals surface area contributed by atoms with Crippen molar-refractivity contribution in [1.82, 2.24) is 16.0 Å². The number of oxime groups is 2. The summed E-state index contributed by atoms with van der Waals surface area (Å²) in [4.78, 5) is 60.7. The highest BCUT2D eigenvalue weighted by Crippen LogP contribution is 2.20. The van der Waals surface area contributed by atoms with E-state index < -0.39 is 47.7 Å². The molecule has 0 saturated heterocycles. The molecule has 0 aliphatic carbocycles. The first kappa shape index (κ1) is 64.1. The summed E-state index contributed by atoms with van der Waals surface area (Å²) in [7, 11) is 3.37. The van der Waals surface area contributed by atoms with Gasteiger partial charge in [0.15, 0.2) is 11.6 Å². The summed E-state index contributed by atoms with van der Waals surface area (Å²) in [6, 6.07) is 23.6. The Labute approximate surface area is 433 Å². The lowest BCUT2D eigenvalue weighted by atomic mass is 10.0. The Bertz CT molecular complexity index is 2050. The third-order valence-electron chi connectivity index (χ3n) is 9.84. The average Bonchev–Trinajstić information content (AvgIpc) is 3.32. The van der Waals surface area contributed by atoms with Crippen molar-refractivity contribution in [1.29, 1.82) is 0 Å². The predicted octanol–water partition coefficient (Wildman–Crippen LogP) is 11.2. The zero-order valence-electron chi connectivity index (χ0n) is 43.5. The first-order chi connectivity index (χ1) is 33.8. The van der Waals surface area contributed by atoms with Gasteiger partial charge in [-0.1, -0.05) is 147 Å². The molecule has 402 valence electrons. The summed E-state index contributed by atoms with van der Waals surface area (Å²) < 4.78 is 31.5. The van der Waals surface area contributed by atoms with Crippen LogP contribution in [0.3, 0.4) is 0 Å². The number of aryl methyl sites for hydroxylation is 2. The van der Waals surface area contributed by atoms with Crippen LogP contribution in [0.2, 0.25) is 0 Å². The molecule has 3 atom stereocenters. The van der Waals surface area contributed by atoms with Crippen LogP contribution >= 0.6 is 11.6 Å². The number of hydrogen-bond acceptors (Lipinski definition) is 14. The Morgan fingerprint density at radius 2 is 1.06 bits per heavy atom. The summed E-state index contributed by atoms with van der Waals surface area (Å²) in [6.45, 7) is 18.6. The van der Waals surface area contributed by atoms with Gasteiger partial charge in [-0.3, -0.25) is 0 Å². The van der Waals surface area contributed by atoms with E-state index in [1.807, 2.05) is 64.1 Å². The van der Waals surface area contributed by atoms with Crippen molar-refractivity contribution in [3.05, 3.63) is 107 Å². The van der Waals surface area contributed by atoms with Crippen LogP contribution in [0.15, 0.2) is 89.2 Å². The van der Waals surface area contributed by atoms with Crippen LogP contribution < -0.4 is 16.0 Å². The van der Waals surface area contributed by atoms with Crippen molar-refractivity contribution < 1.29 is 57.3 Å². The largest absolute Gasteiger partial charge is 0.444 e. The molecule has 0 aromatic heterocycles. The van der Waals surface area contributed by atoms with E-state index in [1.54, 1.807) is 79.2 Å². The number of methoxy groups -OCH3 is 2. The smallest absolute Gasteiger partial charge is 0.410 e. The minimum Gasteiger partial charge on any atom is -0.444 e. The van der Waals surface area contributed by atoms with Gasteiger partial charge in [-0.25, -0.2) is 19.2 Å². The van der Waals surface area contributed by atoms with Gasteiger partial charge in [0.25, 0.3) is 6.29 Å². The average molecular weight is 1030 g/mol. The number of hydrogen-bond donors (Lipinski definition) is 3. The molecule has 0 spiro atoms. The van der Waals surface area contributed by atoms with Gasteiger partial charge in [-0.2, -0.15) is 0 Å². The highest BCUT2D eigenvalue weighted by Gasteiger charge is 2.31. The standard InChI is InChI=1S/C33H47N3O8.C20H31ClN2O4.CH4/c1-23(2)30(42-29(37)28(26-13-9-8-10-14-26)35-32(39)44-33(4,5)6)43-31(38)34-20-22-41-36-27(15-11-12-21-40-7)25-18-16-24(3)17-19-25;1-15(2)19(21)27-20(24)22-12-14-26-23-18(7-5-6-13-25-4)17-10-8-16(3)9-11-17;/h8-10,13-14,16-19,23,28,30H,11-12,15,20-22H2,1-7H3,(H,34,38)(H,35,39);8-11,15,19H,5-7,12-14H2,1-4H3,(H,22,24);1H4/b36-27+;23-18+;/t28-,30?;;/m0../s1. The number of nitrogens with zero attached hydrogens (tertiary/aromatic N) is 2. The van der Waals surface area contributed by atoms with Gasteiger partial charge in [0.2, 0.25) is 0 Å². The van der Waals surface area contributed by atoms with Crippen molar-refractivity contribution in [2.45, 2.75) is 132 Å². The number of carbonyl (C=O) groups excluding carboxylic acids is 4. The molecule has 0 radical (unpaired) electrons. The molecule has 3 aromatic rings. The fourth-order valence-electron chi connectivity index (χ4n) is 5.95. The van der Waals surface area contributed by atoms with E-state index >= 15 is 0 Å². The molecular weight excluding hydrogens is 946 g/mol. The van der Waals surface area contributed by atoms with Gasteiger partial charge < -0.3 is 54.0 Å². The highest BCUT2D eigenvalue weighted by molar-refractivity contribution is 6.20. The van der Waals surface area contributed by atoms with Gasteiger partial charge in [-0.15, -0.1) is 0 Å². The fraction of sp³-hybridized carbons (Fsp3) is 0.556. The zero-order chi connectivity index (χ0) is 52.6. The molecule has 2 unspecified atom stereocenters. The Morgan fingerprint density at radius 3 is 1.47 bits per heavy atom. The molecule has 3 N–H and O–H groups in total. The predicted molar refractivity (Wildman–Crippen MR) is 282 cm³/mol. The highest BCUT2D eigenvalue weighted by atomic mass is 35.5. The second-order valence-electron chi connectivity index (χ2n) is 18.2. The zero-order valence-corrected chi connectivity index (χ0v) is 44.3. The van der Waals surface area contributed by atoms with Gasteiger partial charge in [0.05, 0.1) is 24.5 Å². The minimum absolute atomic E-state index is 0. The maximum atomic E-state index is 13.2. The molecule has 0 bridgehead atoms. The number of alkyl carbamates (subject to hydrolysis) is 3. The molecular formula is C54H82ClN5O12. The summed E-state index contributed by atoms with van der Waals surface area (Å²) in [5.74, 6) is -1.13. The molecule has 17 nitrogen and oxygen atoms in total. The first-order valence-electron chi connectivity index (χ1n) is 24.1. The number of carbonyl (C=O) groups is 4. The second-order valence-corrected chi connectivity index (χ2v) is 18.6. The summed E-state index contributed by atoms with van der Waals surface area (Å²) in [6.07, 6.45) is 1.88. The number of unbranched alkanes of at least 4 members (excludes halogenated alkanes) is 2. The Kier molecular flexibility index (Phi) is 32.1. The lowest BCUT2D eigenvalue weighted by Crippen LogP contribution is -2.41. The van der Waals surface area contributed by atoms with E-state index in [-0.39, 0.29) is 45.6 Å². The maximum Gasteiger partial charge on any atom is 0.410 e. The van der Waals surface area contributed by atoms with E-state index in [1.165, 1.54) is 5.56 Å². The Balaban J connectivity index is 0.000000795. The van der Waals surface area contributed by atoms with Crippen LogP contribution in [0.5, 0.6) is 0 Å². The van der Waals surface area contributed by atoms with Crippen molar-refractivity contribution in [3.63, 3.8) is 0 Å². The first-order valence-corrected chi connectivity index (χ1v) is 24.5. The van der Waals surface area contributed by atoms with Crippen LogP contribution in [0.4, 0.5) is 14.4 Å². The molecule has 3 rings (SSSR count). The maximum absolute atomic E-state index is 13.2. The van der Waals surface area contributed by atoms with Crippen molar-refractivity contribution in [2.75, 3.05) is 53.7 Å². The second kappa shape index (κ2) is 36.1. The molecule has 3 amide bonds. The molecule has 0 heterocycles. The van der Waals surface area contributed by atoms with E-state index in [0.717, 1.165) is 73.2 Å². The molecule has 18 heteroatoms. The van der Waals surface area contributed by atoms with Gasteiger partial charge in [0, 0.05) is 39.3 Å². The number of ether oxygens (including phenoxy) is 6. The van der Waals surface area contributed by atoms with Crippen LogP contribution in [-0.4, -0.2) is 107 Å².